The van der Waals surface area contributed by atoms with Crippen molar-refractivity contribution in [3.8, 4) is 5.75 Å². The van der Waals surface area contributed by atoms with E-state index >= 15 is 0 Å². The van der Waals surface area contributed by atoms with E-state index < -0.39 is 0 Å². The maximum Gasteiger partial charge on any atom is 0.119 e. The Balaban J connectivity index is 1.81. The van der Waals surface area contributed by atoms with Crippen molar-refractivity contribution in [1.82, 2.24) is 0 Å². The molecule has 1 aliphatic rings. The molecule has 2 atom stereocenters. The van der Waals surface area contributed by atoms with E-state index in [9.17, 15) is 5.21 Å². The first-order valence-electron chi connectivity index (χ1n) is 6.84. The lowest BCUT2D eigenvalue weighted by Gasteiger charge is -2.07. The fraction of sp³-hybridized carbons (Fsp3) is 0.235. The quantitative estimate of drug-likeness (QED) is 0.519. The summed E-state index contributed by atoms with van der Waals surface area (Å²) >= 11 is 5.91. The van der Waals surface area contributed by atoms with Gasteiger partial charge in [-0.1, -0.05) is 41.0 Å². The molecule has 0 amide bonds. The van der Waals surface area contributed by atoms with Gasteiger partial charge in [-0.25, -0.2) is 0 Å². The fourth-order valence-electron chi connectivity index (χ4n) is 2.70. The SMILES string of the molecule is COc1cccc(/C(=N\O)[C@@H]2C[C@H]2c2ccc(Cl)cc2)c1. The van der Waals surface area contributed by atoms with E-state index in [4.69, 9.17) is 16.3 Å². The number of rotatable bonds is 4. The van der Waals surface area contributed by atoms with Gasteiger partial charge < -0.3 is 9.94 Å². The first-order chi connectivity index (χ1) is 10.2. The third kappa shape index (κ3) is 2.88. The van der Waals surface area contributed by atoms with Gasteiger partial charge in [-0.2, -0.15) is 0 Å². The third-order valence-corrected chi connectivity index (χ3v) is 4.17. The van der Waals surface area contributed by atoms with Crippen LogP contribution in [0.4, 0.5) is 0 Å². The maximum absolute atomic E-state index is 9.39. The largest absolute Gasteiger partial charge is 0.497 e. The summed E-state index contributed by atoms with van der Waals surface area (Å²) < 4.78 is 5.22. The number of oxime groups is 1. The Morgan fingerprint density at radius 1 is 1.24 bits per heavy atom. The molecular weight excluding hydrogens is 286 g/mol. The molecule has 108 valence electrons. The highest BCUT2D eigenvalue weighted by atomic mass is 35.5. The van der Waals surface area contributed by atoms with Crippen LogP contribution in [0.1, 0.15) is 23.5 Å². The van der Waals surface area contributed by atoms with Gasteiger partial charge in [0.1, 0.15) is 5.75 Å². The number of hydrogen-bond acceptors (Lipinski definition) is 3. The second kappa shape index (κ2) is 5.78. The number of halogens is 1. The molecule has 1 N–H and O–H groups in total. The molecule has 0 radical (unpaired) electrons. The molecule has 0 aliphatic heterocycles. The summed E-state index contributed by atoms with van der Waals surface area (Å²) in [6.07, 6.45) is 0.984. The van der Waals surface area contributed by atoms with Crippen molar-refractivity contribution < 1.29 is 9.94 Å². The van der Waals surface area contributed by atoms with Crippen LogP contribution in [0.15, 0.2) is 53.7 Å². The van der Waals surface area contributed by atoms with Crippen LogP contribution in [0.5, 0.6) is 5.75 Å². The number of hydrogen-bond donors (Lipinski definition) is 1. The molecule has 2 aromatic carbocycles. The van der Waals surface area contributed by atoms with Crippen molar-refractivity contribution in [2.24, 2.45) is 11.1 Å². The second-order valence-electron chi connectivity index (χ2n) is 5.22. The van der Waals surface area contributed by atoms with Gasteiger partial charge in [-0.15, -0.1) is 0 Å². The summed E-state index contributed by atoms with van der Waals surface area (Å²) in [7, 11) is 1.63. The predicted molar refractivity (Wildman–Crippen MR) is 83.6 cm³/mol. The molecule has 4 heteroatoms. The van der Waals surface area contributed by atoms with Gasteiger partial charge in [-0.3, -0.25) is 0 Å². The Morgan fingerprint density at radius 3 is 2.67 bits per heavy atom. The second-order valence-corrected chi connectivity index (χ2v) is 5.65. The monoisotopic (exact) mass is 301 g/mol. The molecule has 3 nitrogen and oxygen atoms in total. The van der Waals surface area contributed by atoms with E-state index in [-0.39, 0.29) is 5.92 Å². The molecule has 0 heterocycles. The zero-order chi connectivity index (χ0) is 14.8. The molecule has 0 spiro atoms. The number of benzene rings is 2. The van der Waals surface area contributed by atoms with Crippen molar-refractivity contribution in [2.75, 3.05) is 7.11 Å². The minimum absolute atomic E-state index is 0.239. The van der Waals surface area contributed by atoms with Crippen LogP contribution in [-0.4, -0.2) is 18.0 Å². The van der Waals surface area contributed by atoms with Crippen LogP contribution in [0.3, 0.4) is 0 Å². The molecule has 0 aromatic heterocycles. The summed E-state index contributed by atoms with van der Waals surface area (Å²) in [6.45, 7) is 0. The average Bonchev–Trinajstić information content (AvgIpc) is 3.29. The fourth-order valence-corrected chi connectivity index (χ4v) is 2.83. The molecule has 1 aliphatic carbocycles. The highest BCUT2D eigenvalue weighted by molar-refractivity contribution is 6.30. The highest BCUT2D eigenvalue weighted by Crippen LogP contribution is 2.49. The number of nitrogens with zero attached hydrogens (tertiary/aromatic N) is 1. The lowest BCUT2D eigenvalue weighted by atomic mass is 10.0. The standard InChI is InChI=1S/C17H16ClNO2/c1-21-14-4-2-3-12(9-14)17(19-20)16-10-15(16)11-5-7-13(18)8-6-11/h2-9,15-16,20H,10H2,1H3/b19-17+/t15-,16+/m0/s1. The predicted octanol–water partition coefficient (Wildman–Crippen LogP) is 4.33. The van der Waals surface area contributed by atoms with E-state index in [1.807, 2.05) is 48.5 Å². The van der Waals surface area contributed by atoms with Gasteiger partial charge in [0.2, 0.25) is 0 Å². The highest BCUT2D eigenvalue weighted by Gasteiger charge is 2.43. The normalized spacial score (nSPS) is 21.1. The van der Waals surface area contributed by atoms with E-state index in [2.05, 4.69) is 5.16 Å². The molecule has 3 rings (SSSR count). The molecular formula is C17H16ClNO2. The summed E-state index contributed by atoms with van der Waals surface area (Å²) in [4.78, 5) is 0. The molecule has 1 saturated carbocycles. The minimum Gasteiger partial charge on any atom is -0.497 e. The van der Waals surface area contributed by atoms with Crippen LogP contribution in [0.25, 0.3) is 0 Å². The first kappa shape index (κ1) is 14.0. The zero-order valence-corrected chi connectivity index (χ0v) is 12.4. The van der Waals surface area contributed by atoms with Gasteiger partial charge in [0.15, 0.2) is 0 Å². The van der Waals surface area contributed by atoms with Crippen molar-refractivity contribution in [2.45, 2.75) is 12.3 Å². The van der Waals surface area contributed by atoms with Gasteiger partial charge in [0.05, 0.1) is 12.8 Å². The van der Waals surface area contributed by atoms with Crippen molar-refractivity contribution in [3.63, 3.8) is 0 Å². The molecule has 2 aromatic rings. The zero-order valence-electron chi connectivity index (χ0n) is 11.7. The van der Waals surface area contributed by atoms with E-state index in [1.54, 1.807) is 7.11 Å². The van der Waals surface area contributed by atoms with E-state index in [1.165, 1.54) is 5.56 Å². The summed E-state index contributed by atoms with van der Waals surface area (Å²) in [5.74, 6) is 1.39. The number of ether oxygens (including phenoxy) is 1. The van der Waals surface area contributed by atoms with Crippen molar-refractivity contribution >= 4 is 17.3 Å². The van der Waals surface area contributed by atoms with Crippen LogP contribution >= 0.6 is 11.6 Å². The Bertz CT molecular complexity index is 667. The summed E-state index contributed by atoms with van der Waals surface area (Å²) in [6, 6.07) is 15.5. The Labute approximate surface area is 128 Å². The summed E-state index contributed by atoms with van der Waals surface area (Å²) in [5.41, 5.74) is 2.85. The lowest BCUT2D eigenvalue weighted by molar-refractivity contribution is 0.317. The van der Waals surface area contributed by atoms with Crippen LogP contribution in [0.2, 0.25) is 5.02 Å². The van der Waals surface area contributed by atoms with Gasteiger partial charge in [0, 0.05) is 16.5 Å². The maximum atomic E-state index is 9.39. The molecule has 0 bridgehead atoms. The molecule has 1 fully saturated rings. The molecule has 0 saturated heterocycles. The topological polar surface area (TPSA) is 41.8 Å². The smallest absolute Gasteiger partial charge is 0.119 e. The van der Waals surface area contributed by atoms with Crippen LogP contribution in [0, 0.1) is 5.92 Å². The Hall–Kier alpha value is -2.00. The lowest BCUT2D eigenvalue weighted by Crippen LogP contribution is -2.05. The van der Waals surface area contributed by atoms with Gasteiger partial charge in [0.25, 0.3) is 0 Å². The Kier molecular flexibility index (Phi) is 3.84. The van der Waals surface area contributed by atoms with E-state index in [0.717, 1.165) is 22.8 Å². The Morgan fingerprint density at radius 2 is 2.00 bits per heavy atom. The van der Waals surface area contributed by atoms with Crippen molar-refractivity contribution in [1.29, 1.82) is 0 Å². The summed E-state index contributed by atoms with van der Waals surface area (Å²) in [5, 5.41) is 13.6. The third-order valence-electron chi connectivity index (χ3n) is 3.91. The molecule has 21 heavy (non-hydrogen) atoms. The van der Waals surface area contributed by atoms with Crippen LogP contribution < -0.4 is 4.74 Å². The van der Waals surface area contributed by atoms with Crippen molar-refractivity contribution in [3.05, 3.63) is 64.7 Å². The average molecular weight is 302 g/mol. The van der Waals surface area contributed by atoms with Gasteiger partial charge >= 0.3 is 0 Å². The van der Waals surface area contributed by atoms with E-state index in [0.29, 0.717) is 11.6 Å². The first-order valence-corrected chi connectivity index (χ1v) is 7.22. The van der Waals surface area contributed by atoms with Crippen LogP contribution in [-0.2, 0) is 0 Å². The van der Waals surface area contributed by atoms with Gasteiger partial charge in [-0.05, 0) is 42.2 Å². The molecule has 0 unspecified atom stereocenters. The minimum atomic E-state index is 0.239. The number of methoxy groups -OCH3 is 1.